The maximum atomic E-state index is 13.0. The summed E-state index contributed by atoms with van der Waals surface area (Å²) in [6.07, 6.45) is 0.684. The van der Waals surface area contributed by atoms with Crippen LogP contribution in [0.25, 0.3) is 5.76 Å². The van der Waals surface area contributed by atoms with E-state index in [0.717, 1.165) is 11.1 Å². The van der Waals surface area contributed by atoms with Gasteiger partial charge in [0.2, 0.25) is 0 Å². The van der Waals surface area contributed by atoms with E-state index in [1.807, 2.05) is 45.0 Å². The lowest BCUT2D eigenvalue weighted by Crippen LogP contribution is -2.31. The Hall–Kier alpha value is -3.12. The number of Topliss-reactive ketones (excluding diaryl/α,β-unsaturated/α-hetero) is 1. The molecule has 6 nitrogen and oxygen atoms in total. The van der Waals surface area contributed by atoms with Gasteiger partial charge in [-0.2, -0.15) is 0 Å². The van der Waals surface area contributed by atoms with E-state index >= 15 is 0 Å². The first-order chi connectivity index (χ1) is 14.8. The average molecular weight is 424 g/mol. The molecule has 3 rings (SSSR count). The van der Waals surface area contributed by atoms with Gasteiger partial charge in [-0.1, -0.05) is 42.0 Å². The Morgan fingerprint density at radius 1 is 1.13 bits per heavy atom. The molecule has 6 heteroatoms. The van der Waals surface area contributed by atoms with Crippen LogP contribution >= 0.6 is 0 Å². The summed E-state index contributed by atoms with van der Waals surface area (Å²) in [4.78, 5) is 27.5. The fourth-order valence-electron chi connectivity index (χ4n) is 3.78. The van der Waals surface area contributed by atoms with Crippen LogP contribution < -0.4 is 4.74 Å². The third-order valence-electron chi connectivity index (χ3n) is 5.24. The third kappa shape index (κ3) is 4.97. The minimum Gasteiger partial charge on any atom is -0.507 e. The molecule has 1 saturated heterocycles. The average Bonchev–Trinajstić information content (AvgIpc) is 3.01. The van der Waals surface area contributed by atoms with Gasteiger partial charge in [0.05, 0.1) is 24.8 Å². The third-order valence-corrected chi connectivity index (χ3v) is 5.24. The van der Waals surface area contributed by atoms with E-state index in [0.29, 0.717) is 30.9 Å². The molecular formula is C25H29NO5. The van der Waals surface area contributed by atoms with Gasteiger partial charge in [0.15, 0.2) is 0 Å². The van der Waals surface area contributed by atoms with Crippen molar-refractivity contribution in [2.75, 3.05) is 20.3 Å². The standard InChI is InChI=1S/C25H29NO5/c1-16(2)31-13-7-12-26-22(18-9-5-8-17(3)14-18)21(24(28)25(26)29)23(27)19-10-6-11-20(15-19)30-4/h5-6,8-11,14-16,22,27H,7,12-13H2,1-4H3/b23-21-. The van der Waals surface area contributed by atoms with Crippen molar-refractivity contribution in [1.29, 1.82) is 0 Å². The van der Waals surface area contributed by atoms with E-state index in [1.165, 1.54) is 12.0 Å². The van der Waals surface area contributed by atoms with E-state index in [2.05, 4.69) is 0 Å². The summed E-state index contributed by atoms with van der Waals surface area (Å²) in [5.41, 5.74) is 2.31. The second kappa shape index (κ2) is 9.79. The van der Waals surface area contributed by atoms with Crippen molar-refractivity contribution in [2.45, 2.75) is 39.3 Å². The number of benzene rings is 2. The zero-order chi connectivity index (χ0) is 22.5. The van der Waals surface area contributed by atoms with Crippen LogP contribution in [0, 0.1) is 6.92 Å². The van der Waals surface area contributed by atoms with Gasteiger partial charge in [0, 0.05) is 18.7 Å². The molecule has 2 aromatic rings. The van der Waals surface area contributed by atoms with Gasteiger partial charge in [-0.3, -0.25) is 9.59 Å². The highest BCUT2D eigenvalue weighted by molar-refractivity contribution is 6.46. The number of hydrogen-bond acceptors (Lipinski definition) is 5. The SMILES string of the molecule is COc1cccc(/C(O)=C2/C(=O)C(=O)N(CCCOC(C)C)C2c2cccc(C)c2)c1. The quantitative estimate of drug-likeness (QED) is 0.297. The Bertz CT molecular complexity index is 995. The summed E-state index contributed by atoms with van der Waals surface area (Å²) in [7, 11) is 1.53. The van der Waals surface area contributed by atoms with Crippen LogP contribution in [0.15, 0.2) is 54.1 Å². The predicted octanol–water partition coefficient (Wildman–Crippen LogP) is 4.24. The molecule has 1 heterocycles. The highest BCUT2D eigenvalue weighted by Crippen LogP contribution is 2.40. The first kappa shape index (κ1) is 22.6. The minimum absolute atomic E-state index is 0.0913. The van der Waals surface area contributed by atoms with Crippen LogP contribution in [-0.4, -0.2) is 48.1 Å². The molecule has 31 heavy (non-hydrogen) atoms. The highest BCUT2D eigenvalue weighted by Gasteiger charge is 2.45. The number of carbonyl (C=O) groups excluding carboxylic acids is 2. The van der Waals surface area contributed by atoms with Crippen molar-refractivity contribution in [3.8, 4) is 5.75 Å². The van der Waals surface area contributed by atoms with Crippen molar-refractivity contribution in [2.24, 2.45) is 0 Å². The lowest BCUT2D eigenvalue weighted by atomic mass is 9.94. The number of nitrogens with zero attached hydrogens (tertiary/aromatic N) is 1. The normalized spacial score (nSPS) is 18.1. The number of ether oxygens (including phenoxy) is 2. The Morgan fingerprint density at radius 3 is 2.55 bits per heavy atom. The van der Waals surface area contributed by atoms with Crippen LogP contribution in [0.2, 0.25) is 0 Å². The van der Waals surface area contributed by atoms with Crippen molar-refractivity contribution in [3.63, 3.8) is 0 Å². The van der Waals surface area contributed by atoms with Gasteiger partial charge in [-0.15, -0.1) is 0 Å². The number of aliphatic hydroxyl groups is 1. The molecule has 1 atom stereocenters. The molecule has 0 saturated carbocycles. The first-order valence-corrected chi connectivity index (χ1v) is 10.4. The lowest BCUT2D eigenvalue weighted by molar-refractivity contribution is -0.140. The molecule has 0 aliphatic carbocycles. The van der Waals surface area contributed by atoms with Crippen LogP contribution in [0.4, 0.5) is 0 Å². The molecule has 1 aliphatic heterocycles. The van der Waals surface area contributed by atoms with Crippen LogP contribution in [0.3, 0.4) is 0 Å². The number of amides is 1. The molecule has 2 aromatic carbocycles. The van der Waals surface area contributed by atoms with Crippen molar-refractivity contribution >= 4 is 17.4 Å². The summed E-state index contributed by atoms with van der Waals surface area (Å²) in [5.74, 6) is -0.946. The van der Waals surface area contributed by atoms with E-state index < -0.39 is 17.7 Å². The van der Waals surface area contributed by atoms with Gasteiger partial charge in [-0.25, -0.2) is 0 Å². The van der Waals surface area contributed by atoms with E-state index in [-0.39, 0.29) is 17.4 Å². The van der Waals surface area contributed by atoms with Crippen molar-refractivity contribution < 1.29 is 24.2 Å². The number of ketones is 1. The highest BCUT2D eigenvalue weighted by atomic mass is 16.5. The van der Waals surface area contributed by atoms with Crippen molar-refractivity contribution in [3.05, 3.63) is 70.8 Å². The molecule has 1 unspecified atom stereocenters. The van der Waals surface area contributed by atoms with Gasteiger partial charge < -0.3 is 19.5 Å². The second-order valence-electron chi connectivity index (χ2n) is 7.91. The van der Waals surface area contributed by atoms with Gasteiger partial charge in [0.1, 0.15) is 11.5 Å². The van der Waals surface area contributed by atoms with Gasteiger partial charge in [0.25, 0.3) is 11.7 Å². The van der Waals surface area contributed by atoms with Gasteiger partial charge in [-0.05, 0) is 44.9 Å². The molecule has 0 spiro atoms. The number of likely N-dealkylation sites (tertiary alicyclic amines) is 1. The summed E-state index contributed by atoms with van der Waals surface area (Å²) in [6.45, 7) is 6.69. The second-order valence-corrected chi connectivity index (χ2v) is 7.91. The lowest BCUT2D eigenvalue weighted by Gasteiger charge is -2.25. The van der Waals surface area contributed by atoms with E-state index in [9.17, 15) is 14.7 Å². The van der Waals surface area contributed by atoms with Crippen molar-refractivity contribution in [1.82, 2.24) is 4.90 Å². The Morgan fingerprint density at radius 2 is 1.87 bits per heavy atom. The van der Waals surface area contributed by atoms with Crippen LogP contribution in [-0.2, 0) is 14.3 Å². The fraction of sp³-hybridized carbons (Fsp3) is 0.360. The molecule has 1 fully saturated rings. The molecule has 1 amide bonds. The molecule has 0 bridgehead atoms. The number of methoxy groups -OCH3 is 1. The number of hydrogen-bond donors (Lipinski definition) is 1. The number of aryl methyl sites for hydroxylation is 1. The summed E-state index contributed by atoms with van der Waals surface area (Å²) in [6, 6.07) is 13.8. The van der Waals surface area contributed by atoms with Crippen LogP contribution in [0.1, 0.15) is 43.0 Å². The zero-order valence-corrected chi connectivity index (χ0v) is 18.4. The monoisotopic (exact) mass is 423 g/mol. The van der Waals surface area contributed by atoms with Gasteiger partial charge >= 0.3 is 0 Å². The topological polar surface area (TPSA) is 76.1 Å². The van der Waals surface area contributed by atoms with E-state index in [4.69, 9.17) is 9.47 Å². The summed E-state index contributed by atoms with van der Waals surface area (Å²) >= 11 is 0. The maximum Gasteiger partial charge on any atom is 0.295 e. The fourth-order valence-corrected chi connectivity index (χ4v) is 3.78. The molecular weight excluding hydrogens is 394 g/mol. The van der Waals surface area contributed by atoms with E-state index in [1.54, 1.807) is 24.3 Å². The largest absolute Gasteiger partial charge is 0.507 e. The molecule has 164 valence electrons. The summed E-state index contributed by atoms with van der Waals surface area (Å²) < 4.78 is 10.8. The Kier molecular flexibility index (Phi) is 7.13. The predicted molar refractivity (Wildman–Crippen MR) is 119 cm³/mol. The smallest absolute Gasteiger partial charge is 0.295 e. The molecule has 0 radical (unpaired) electrons. The molecule has 1 N–H and O–H groups in total. The Labute approximate surface area is 183 Å². The van der Waals surface area contributed by atoms with Crippen LogP contribution in [0.5, 0.6) is 5.75 Å². The zero-order valence-electron chi connectivity index (χ0n) is 18.4. The minimum atomic E-state index is -0.684. The molecule has 1 aliphatic rings. The number of carbonyl (C=O) groups is 2. The Balaban J connectivity index is 2.05. The molecule has 0 aromatic heterocycles. The number of aliphatic hydroxyl groups excluding tert-OH is 1. The maximum absolute atomic E-state index is 13.0. The first-order valence-electron chi connectivity index (χ1n) is 10.4. The summed E-state index contributed by atoms with van der Waals surface area (Å²) in [5, 5.41) is 11.1. The number of rotatable bonds is 8.